The van der Waals surface area contributed by atoms with Crippen LogP contribution in [0, 0.1) is 29.6 Å². The zero-order chi connectivity index (χ0) is 24.4. The number of rotatable bonds is 6. The molecule has 2 N–H and O–H groups in total. The van der Waals surface area contributed by atoms with Crippen LogP contribution in [0.25, 0.3) is 11.3 Å². The van der Waals surface area contributed by atoms with Gasteiger partial charge in [0.15, 0.2) is 0 Å². The third-order valence-electron chi connectivity index (χ3n) is 6.26. The van der Waals surface area contributed by atoms with Gasteiger partial charge in [0.2, 0.25) is 5.88 Å². The Balaban J connectivity index is 1.45. The first-order valence-corrected chi connectivity index (χ1v) is 11.5. The quantitative estimate of drug-likeness (QED) is 0.579. The van der Waals surface area contributed by atoms with Crippen molar-refractivity contribution in [2.75, 3.05) is 24.7 Å². The van der Waals surface area contributed by atoms with Crippen LogP contribution in [-0.2, 0) is 11.2 Å². The molecule has 0 bridgehead atoms. The van der Waals surface area contributed by atoms with E-state index in [2.05, 4.69) is 27.1 Å². The summed E-state index contributed by atoms with van der Waals surface area (Å²) in [6.07, 6.45) is 4.25. The maximum absolute atomic E-state index is 9.47. The number of benzene rings is 1. The van der Waals surface area contributed by atoms with Gasteiger partial charge in [-0.1, -0.05) is 6.07 Å². The van der Waals surface area contributed by atoms with Gasteiger partial charge in [-0.05, 0) is 56.0 Å². The Labute approximate surface area is 203 Å². The first-order valence-electron chi connectivity index (χ1n) is 11.5. The molecule has 0 aliphatic carbocycles. The molecule has 176 valence electrons. The van der Waals surface area contributed by atoms with Crippen molar-refractivity contribution in [3.05, 3.63) is 59.5 Å². The Kier molecular flexibility index (Phi) is 6.04. The zero-order valence-electron chi connectivity index (χ0n) is 19.4. The van der Waals surface area contributed by atoms with Crippen LogP contribution in [0.2, 0.25) is 0 Å². The standard InChI is InChI=1S/C26H25N7O2/c1-17-31-24(33-8-2-3-20(33)13-28)10-25(32-17)35-23-9-18(12-27)4-6-21(23)22-7-5-19(14-30-22)11-26(29)15-34-16-26/h4-7,9-10,14,20H,2-3,8,11,15-16,29H2,1H3/t20-/m0/s1. The SMILES string of the molecule is Cc1nc(Oc2cc(C#N)ccc2-c2ccc(CC3(N)COC3)cn2)cc(N2CCC[C@H]2C#N)n1. The van der Waals surface area contributed by atoms with Crippen molar-refractivity contribution in [3.8, 4) is 35.0 Å². The minimum absolute atomic E-state index is 0.212. The number of nitriles is 2. The van der Waals surface area contributed by atoms with Gasteiger partial charge in [0.25, 0.3) is 0 Å². The highest BCUT2D eigenvalue weighted by molar-refractivity contribution is 5.69. The average Bonchev–Trinajstić information content (AvgIpc) is 3.32. The van der Waals surface area contributed by atoms with Gasteiger partial charge in [-0.3, -0.25) is 4.98 Å². The topological polar surface area (TPSA) is 134 Å². The molecule has 9 heteroatoms. The number of nitrogens with two attached hydrogens (primary N) is 1. The summed E-state index contributed by atoms with van der Waals surface area (Å²) >= 11 is 0. The van der Waals surface area contributed by atoms with E-state index in [4.69, 9.17) is 15.2 Å². The first-order chi connectivity index (χ1) is 17.0. The number of pyridine rings is 1. The van der Waals surface area contributed by atoms with Crippen LogP contribution in [-0.4, -0.2) is 46.3 Å². The lowest BCUT2D eigenvalue weighted by molar-refractivity contribution is -0.0529. The Morgan fingerprint density at radius 3 is 2.74 bits per heavy atom. The van der Waals surface area contributed by atoms with Gasteiger partial charge in [-0.15, -0.1) is 0 Å². The second kappa shape index (κ2) is 9.30. The van der Waals surface area contributed by atoms with E-state index >= 15 is 0 Å². The summed E-state index contributed by atoms with van der Waals surface area (Å²) in [5.74, 6) is 2.01. The van der Waals surface area contributed by atoms with Gasteiger partial charge in [0.1, 0.15) is 23.4 Å². The highest BCUT2D eigenvalue weighted by Gasteiger charge is 2.34. The van der Waals surface area contributed by atoms with Gasteiger partial charge >= 0.3 is 0 Å². The summed E-state index contributed by atoms with van der Waals surface area (Å²) in [7, 11) is 0. The normalized spacial score (nSPS) is 18.4. The van der Waals surface area contributed by atoms with E-state index in [0.717, 1.165) is 30.5 Å². The van der Waals surface area contributed by atoms with Crippen LogP contribution in [0.5, 0.6) is 11.6 Å². The van der Waals surface area contributed by atoms with Crippen LogP contribution in [0.15, 0.2) is 42.6 Å². The summed E-state index contributed by atoms with van der Waals surface area (Å²) in [6.45, 7) is 3.65. The van der Waals surface area contributed by atoms with Crippen molar-refractivity contribution in [2.24, 2.45) is 5.73 Å². The summed E-state index contributed by atoms with van der Waals surface area (Å²) in [6, 6.07) is 15.2. The van der Waals surface area contributed by atoms with Crippen molar-refractivity contribution in [1.82, 2.24) is 15.0 Å². The number of aromatic nitrogens is 3. The maximum atomic E-state index is 9.47. The molecule has 4 heterocycles. The van der Waals surface area contributed by atoms with Gasteiger partial charge in [-0.2, -0.15) is 15.5 Å². The molecule has 9 nitrogen and oxygen atoms in total. The minimum atomic E-state index is -0.325. The molecule has 35 heavy (non-hydrogen) atoms. The number of nitrogens with zero attached hydrogens (tertiary/aromatic N) is 6. The molecule has 0 spiro atoms. The van der Waals surface area contributed by atoms with Crippen LogP contribution < -0.4 is 15.4 Å². The lowest BCUT2D eigenvalue weighted by Gasteiger charge is -2.37. The molecule has 0 amide bonds. The van der Waals surface area contributed by atoms with Crippen molar-refractivity contribution < 1.29 is 9.47 Å². The van der Waals surface area contributed by atoms with E-state index < -0.39 is 0 Å². The van der Waals surface area contributed by atoms with Gasteiger partial charge in [-0.25, -0.2) is 4.98 Å². The largest absolute Gasteiger partial charge is 0.438 e. The van der Waals surface area contributed by atoms with Crippen LogP contribution in [0.1, 0.15) is 29.8 Å². The van der Waals surface area contributed by atoms with Crippen molar-refractivity contribution >= 4 is 5.82 Å². The smallest absolute Gasteiger partial charge is 0.224 e. The monoisotopic (exact) mass is 467 g/mol. The molecule has 1 aromatic carbocycles. The van der Waals surface area contributed by atoms with Gasteiger partial charge in [0.05, 0.1) is 42.1 Å². The maximum Gasteiger partial charge on any atom is 0.224 e. The Hall–Kier alpha value is -4.05. The number of ether oxygens (including phenoxy) is 2. The number of hydrogen-bond donors (Lipinski definition) is 1. The molecule has 5 rings (SSSR count). The zero-order valence-corrected chi connectivity index (χ0v) is 19.4. The lowest BCUT2D eigenvalue weighted by Crippen LogP contribution is -2.58. The molecule has 2 aliphatic rings. The number of hydrogen-bond acceptors (Lipinski definition) is 9. The molecule has 2 aliphatic heterocycles. The van der Waals surface area contributed by atoms with Gasteiger partial charge < -0.3 is 20.1 Å². The highest BCUT2D eigenvalue weighted by atomic mass is 16.5. The van der Waals surface area contributed by atoms with E-state index in [1.807, 2.05) is 29.3 Å². The van der Waals surface area contributed by atoms with Crippen LogP contribution in [0.3, 0.4) is 0 Å². The van der Waals surface area contributed by atoms with E-state index in [1.165, 1.54) is 0 Å². The second-order valence-electron chi connectivity index (χ2n) is 9.10. The average molecular weight is 468 g/mol. The molecular weight excluding hydrogens is 442 g/mol. The van der Waals surface area contributed by atoms with E-state index in [0.29, 0.717) is 54.2 Å². The predicted octanol–water partition coefficient (Wildman–Crippen LogP) is 3.27. The van der Waals surface area contributed by atoms with E-state index in [-0.39, 0.29) is 11.6 Å². The molecule has 3 aromatic rings. The van der Waals surface area contributed by atoms with Gasteiger partial charge in [0, 0.05) is 24.4 Å². The first kappa shape index (κ1) is 22.7. The summed E-state index contributed by atoms with van der Waals surface area (Å²) in [4.78, 5) is 15.6. The molecule has 0 unspecified atom stereocenters. The Morgan fingerprint density at radius 2 is 2.06 bits per heavy atom. The fourth-order valence-corrected chi connectivity index (χ4v) is 4.46. The molecule has 1 atom stereocenters. The van der Waals surface area contributed by atoms with Crippen LogP contribution in [0.4, 0.5) is 5.82 Å². The van der Waals surface area contributed by atoms with Crippen molar-refractivity contribution in [3.63, 3.8) is 0 Å². The molecular formula is C26H25N7O2. The number of aryl methyl sites for hydroxylation is 1. The van der Waals surface area contributed by atoms with Crippen molar-refractivity contribution in [2.45, 2.75) is 37.8 Å². The summed E-state index contributed by atoms with van der Waals surface area (Å²) in [5, 5.41) is 18.9. The summed E-state index contributed by atoms with van der Waals surface area (Å²) in [5.41, 5.74) is 8.89. The molecule has 2 aromatic heterocycles. The third kappa shape index (κ3) is 4.78. The molecule has 2 fully saturated rings. The molecule has 0 radical (unpaired) electrons. The molecule has 0 saturated carbocycles. The lowest BCUT2D eigenvalue weighted by atomic mass is 9.91. The summed E-state index contributed by atoms with van der Waals surface area (Å²) < 4.78 is 11.4. The second-order valence-corrected chi connectivity index (χ2v) is 9.10. The Bertz CT molecular complexity index is 1320. The van der Waals surface area contributed by atoms with Crippen LogP contribution >= 0.6 is 0 Å². The fraction of sp³-hybridized carbons (Fsp3) is 0.346. The fourth-order valence-electron chi connectivity index (χ4n) is 4.46. The molecule has 2 saturated heterocycles. The highest BCUT2D eigenvalue weighted by Crippen LogP contribution is 2.35. The minimum Gasteiger partial charge on any atom is -0.438 e. The number of anilines is 1. The van der Waals surface area contributed by atoms with Crippen molar-refractivity contribution in [1.29, 1.82) is 10.5 Å². The predicted molar refractivity (Wildman–Crippen MR) is 129 cm³/mol. The van der Waals surface area contributed by atoms with E-state index in [1.54, 1.807) is 25.1 Å². The Morgan fingerprint density at radius 1 is 1.20 bits per heavy atom. The third-order valence-corrected chi connectivity index (χ3v) is 6.26. The van der Waals surface area contributed by atoms with E-state index in [9.17, 15) is 10.5 Å².